The van der Waals surface area contributed by atoms with E-state index in [2.05, 4.69) is 81.5 Å². The Morgan fingerprint density at radius 2 is 0.684 bits per heavy atom. The van der Waals surface area contributed by atoms with Crippen LogP contribution in [0.2, 0.25) is 0 Å². The number of carbonyl (C=O) groups is 3. The second-order valence-electron chi connectivity index (χ2n) is 20.8. The Labute approximate surface area is 465 Å². The molecule has 0 rings (SSSR count). The van der Waals surface area contributed by atoms with Gasteiger partial charge in [-0.05, 0) is 103 Å². The predicted molar refractivity (Wildman–Crippen MR) is 316 cm³/mol. The summed E-state index contributed by atoms with van der Waals surface area (Å²) in [6.07, 6.45) is 64.6. The van der Waals surface area contributed by atoms with Crippen molar-refractivity contribution in [3.63, 3.8) is 0 Å². The smallest absolute Gasteiger partial charge is 0.462 e. The molecule has 2 N–H and O–H groups in total. The van der Waals surface area contributed by atoms with Gasteiger partial charge < -0.3 is 24.2 Å². The maximum absolute atomic E-state index is 12.9. The lowest BCUT2D eigenvalue weighted by Crippen LogP contribution is -2.30. The average Bonchev–Trinajstić information content (AvgIpc) is 3.41. The van der Waals surface area contributed by atoms with Gasteiger partial charge in [0, 0.05) is 19.3 Å². The topological polar surface area (TPSA) is 155 Å². The molecule has 0 aliphatic carbocycles. The summed E-state index contributed by atoms with van der Waals surface area (Å²) >= 11 is 0. The molecule has 3 unspecified atom stereocenters. The van der Waals surface area contributed by atoms with Crippen LogP contribution in [0.15, 0.2) is 60.8 Å². The fourth-order valence-electron chi connectivity index (χ4n) is 8.66. The van der Waals surface area contributed by atoms with Crippen LogP contribution < -0.4 is 0 Å². The minimum Gasteiger partial charge on any atom is -0.462 e. The van der Waals surface area contributed by atoms with Gasteiger partial charge in [-0.15, -0.1) is 0 Å². The highest BCUT2D eigenvalue weighted by molar-refractivity contribution is 7.47. The minimum absolute atomic E-state index is 0.142. The van der Waals surface area contributed by atoms with E-state index in [-0.39, 0.29) is 25.9 Å². The number of phosphoric ester groups is 1. The van der Waals surface area contributed by atoms with Crippen molar-refractivity contribution in [1.82, 2.24) is 0 Å². The van der Waals surface area contributed by atoms with Crippen LogP contribution in [-0.2, 0) is 42.2 Å². The van der Waals surface area contributed by atoms with Crippen molar-refractivity contribution in [2.45, 2.75) is 303 Å². The monoisotopic (exact) mass is 1090 g/mol. The van der Waals surface area contributed by atoms with Crippen LogP contribution in [0.1, 0.15) is 290 Å². The highest BCUT2D eigenvalue weighted by atomic mass is 31.2. The third kappa shape index (κ3) is 55.9. The molecule has 0 radical (unpaired) electrons. The molecule has 0 saturated heterocycles. The number of rotatable bonds is 58. The van der Waals surface area contributed by atoms with Gasteiger partial charge in [0.2, 0.25) is 0 Å². The van der Waals surface area contributed by atoms with Crippen molar-refractivity contribution in [3.05, 3.63) is 60.8 Å². The molecule has 0 bridgehead atoms. The maximum atomic E-state index is 12.9. The molecule has 0 fully saturated rings. The molecule has 442 valence electrons. The van der Waals surface area contributed by atoms with Gasteiger partial charge in [0.05, 0.1) is 19.8 Å². The summed E-state index contributed by atoms with van der Waals surface area (Å²) in [6.45, 7) is 4.52. The summed E-state index contributed by atoms with van der Waals surface area (Å²) in [4.78, 5) is 48.6. The van der Waals surface area contributed by atoms with Crippen molar-refractivity contribution in [1.29, 1.82) is 0 Å². The van der Waals surface area contributed by atoms with Gasteiger partial charge in [-0.2, -0.15) is 0 Å². The normalized spacial score (nSPS) is 13.7. The summed E-state index contributed by atoms with van der Waals surface area (Å²) in [6, 6.07) is 0. The Balaban J connectivity index is 4.72. The molecule has 0 spiro atoms. The molecule has 3 atom stereocenters. The maximum Gasteiger partial charge on any atom is 0.472 e. The van der Waals surface area contributed by atoms with Gasteiger partial charge in [-0.25, -0.2) is 4.57 Å². The van der Waals surface area contributed by atoms with Crippen LogP contribution in [0.5, 0.6) is 0 Å². The van der Waals surface area contributed by atoms with E-state index in [1.54, 1.807) is 0 Å². The lowest BCUT2D eigenvalue weighted by molar-refractivity contribution is -0.161. The Morgan fingerprint density at radius 3 is 1.08 bits per heavy atom. The first-order valence-corrected chi connectivity index (χ1v) is 32.7. The van der Waals surface area contributed by atoms with Gasteiger partial charge in [0.1, 0.15) is 12.7 Å². The van der Waals surface area contributed by atoms with Crippen molar-refractivity contribution < 1.29 is 52.2 Å². The molecule has 0 aromatic heterocycles. The lowest BCUT2D eigenvalue weighted by Gasteiger charge is -2.21. The van der Waals surface area contributed by atoms with E-state index >= 15 is 0 Å². The fraction of sp³-hybridized carbons (Fsp3) is 0.797. The van der Waals surface area contributed by atoms with Gasteiger partial charge in [0.15, 0.2) is 6.10 Å². The van der Waals surface area contributed by atoms with Crippen LogP contribution in [0.3, 0.4) is 0 Å². The van der Waals surface area contributed by atoms with E-state index in [0.29, 0.717) is 19.3 Å². The van der Waals surface area contributed by atoms with E-state index < -0.39 is 57.8 Å². The molecule has 0 aromatic rings. The van der Waals surface area contributed by atoms with Crippen molar-refractivity contribution in [2.75, 3.05) is 26.4 Å². The van der Waals surface area contributed by atoms with Crippen LogP contribution in [0, 0.1) is 0 Å². The van der Waals surface area contributed by atoms with Gasteiger partial charge in [0.25, 0.3) is 0 Å². The number of carbonyl (C=O) groups excluding carboxylic acids is 3. The number of phosphoric acid groups is 1. The molecule has 0 aliphatic heterocycles. The minimum atomic E-state index is -4.76. The van der Waals surface area contributed by atoms with Crippen LogP contribution in [0.25, 0.3) is 0 Å². The molecule has 11 nitrogen and oxygen atoms in total. The number of allylic oxidation sites excluding steroid dienone is 10. The zero-order chi connectivity index (χ0) is 55.5. The average molecular weight is 1090 g/mol. The fourth-order valence-corrected chi connectivity index (χ4v) is 9.44. The number of ether oxygens (including phenoxy) is 3. The first-order valence-electron chi connectivity index (χ1n) is 31.2. The number of aliphatic hydroxyl groups is 1. The lowest BCUT2D eigenvalue weighted by atomic mass is 10.1. The molecule has 0 amide bonds. The third-order valence-corrected chi connectivity index (χ3v) is 14.3. The number of unbranched alkanes of at least 4 members (excludes halogenated alkanes) is 31. The van der Waals surface area contributed by atoms with Gasteiger partial charge in [-0.1, -0.05) is 229 Å². The number of esters is 3. The Hall–Kier alpha value is -2.82. The van der Waals surface area contributed by atoms with Crippen LogP contribution >= 0.6 is 7.82 Å². The van der Waals surface area contributed by atoms with E-state index in [1.807, 2.05) is 0 Å². The summed E-state index contributed by atoms with van der Waals surface area (Å²) in [7, 11) is -4.76. The molecule has 76 heavy (non-hydrogen) atoms. The molecule has 0 saturated carbocycles. The zero-order valence-corrected chi connectivity index (χ0v) is 49.9. The second-order valence-corrected chi connectivity index (χ2v) is 22.3. The Kier molecular flexibility index (Phi) is 56.2. The summed E-state index contributed by atoms with van der Waals surface area (Å²) < 4.78 is 39.6. The summed E-state index contributed by atoms with van der Waals surface area (Å²) in [5, 5.41) is 9.82. The second kappa shape index (κ2) is 58.3. The highest BCUT2D eigenvalue weighted by Crippen LogP contribution is 2.43. The molecule has 0 aromatic carbocycles. The molecule has 12 heteroatoms. The Bertz CT molecular complexity index is 1510. The quantitative estimate of drug-likeness (QED) is 0.0197. The van der Waals surface area contributed by atoms with Gasteiger partial charge in [-0.3, -0.25) is 23.4 Å². The largest absolute Gasteiger partial charge is 0.472 e. The molecular formula is C64H115O11P. The number of hydrogen-bond acceptors (Lipinski definition) is 10. The Morgan fingerprint density at radius 1 is 0.382 bits per heavy atom. The standard InChI is InChI=1S/C64H115O11P/c1-4-7-10-13-16-19-22-25-27-29-30-32-34-37-40-43-46-49-52-55-64(68)75-61(57-71-62(66)53-50-47-44-41-38-36-33-31-28-26-23-20-17-14-11-8-5-2)59-73-76(69,70)72-58-60(56-65)74-63(67)54-51-48-45-42-39-35-24-21-18-15-12-9-6-3/h9,12,18,21,25-28,35,39,60-61,65H,4-8,10-11,13-17,19-20,22-24,29-34,36-38,40-59H2,1-3H3,(H,69,70)/b12-9-,21-18-,27-25-,28-26-,39-35-. The van der Waals surface area contributed by atoms with E-state index in [9.17, 15) is 28.9 Å². The summed E-state index contributed by atoms with van der Waals surface area (Å²) in [5.41, 5.74) is 0. The van der Waals surface area contributed by atoms with Gasteiger partial charge >= 0.3 is 25.7 Å². The number of hydrogen-bond donors (Lipinski definition) is 2. The summed E-state index contributed by atoms with van der Waals surface area (Å²) in [5.74, 6) is -1.49. The van der Waals surface area contributed by atoms with Crippen LogP contribution in [-0.4, -0.2) is 66.5 Å². The molecule has 0 heterocycles. The first kappa shape index (κ1) is 73.2. The number of aliphatic hydroxyl groups excluding tert-OH is 1. The van der Waals surface area contributed by atoms with E-state index in [0.717, 1.165) is 83.5 Å². The third-order valence-electron chi connectivity index (χ3n) is 13.4. The highest BCUT2D eigenvalue weighted by Gasteiger charge is 2.28. The van der Waals surface area contributed by atoms with Crippen molar-refractivity contribution in [3.8, 4) is 0 Å². The molecular weight excluding hydrogens is 976 g/mol. The van der Waals surface area contributed by atoms with Crippen LogP contribution in [0.4, 0.5) is 0 Å². The zero-order valence-electron chi connectivity index (χ0n) is 49.0. The van der Waals surface area contributed by atoms with Crippen molar-refractivity contribution in [2.24, 2.45) is 0 Å². The predicted octanol–water partition coefficient (Wildman–Crippen LogP) is 18.7. The van der Waals surface area contributed by atoms with E-state index in [1.165, 1.54) is 148 Å². The SMILES string of the molecule is CC/C=C\C/C=C\C/C=C\CCCCCC(=O)OC(CO)COP(=O)(O)OCC(COC(=O)CCCCCCCCC/C=C\CCCCCCCC)OC(=O)CCCCCCCCCCC/C=C\CCCCCCCC. The van der Waals surface area contributed by atoms with Crippen molar-refractivity contribution >= 4 is 25.7 Å². The first-order chi connectivity index (χ1) is 37.2. The molecule has 0 aliphatic rings. The van der Waals surface area contributed by atoms with E-state index in [4.69, 9.17) is 23.3 Å².